The largest absolute Gasteiger partial charge is 0.496 e. The van der Waals surface area contributed by atoms with Crippen molar-refractivity contribution >= 4 is 29.0 Å². The first-order valence-electron chi connectivity index (χ1n) is 9.00. The highest BCUT2D eigenvalue weighted by Crippen LogP contribution is 2.18. The molecular formula is C22H22ClN3O2. The molecule has 144 valence electrons. The van der Waals surface area contributed by atoms with Gasteiger partial charge in [-0.1, -0.05) is 41.9 Å². The van der Waals surface area contributed by atoms with E-state index >= 15 is 0 Å². The summed E-state index contributed by atoms with van der Waals surface area (Å²) in [6, 6.07) is 18.9. The van der Waals surface area contributed by atoms with Gasteiger partial charge in [-0.3, -0.25) is 4.79 Å². The predicted molar refractivity (Wildman–Crippen MR) is 113 cm³/mol. The SMILES string of the molecule is COc1ccccc1CCNc1ccc(NC(=O)Cc2ccc(Cl)cc2)cn1. The Labute approximate surface area is 169 Å². The van der Waals surface area contributed by atoms with Crippen LogP contribution in [0.2, 0.25) is 5.02 Å². The number of hydrogen-bond donors (Lipinski definition) is 2. The smallest absolute Gasteiger partial charge is 0.228 e. The van der Waals surface area contributed by atoms with E-state index in [1.54, 1.807) is 25.4 Å². The van der Waals surface area contributed by atoms with E-state index < -0.39 is 0 Å². The minimum atomic E-state index is -0.0963. The molecule has 5 nitrogen and oxygen atoms in total. The average Bonchev–Trinajstić information content (AvgIpc) is 2.71. The van der Waals surface area contributed by atoms with Crippen LogP contribution < -0.4 is 15.4 Å². The molecule has 0 aliphatic rings. The number of methoxy groups -OCH3 is 1. The van der Waals surface area contributed by atoms with Gasteiger partial charge >= 0.3 is 0 Å². The van der Waals surface area contributed by atoms with Gasteiger partial charge in [0.25, 0.3) is 0 Å². The fourth-order valence-electron chi connectivity index (χ4n) is 2.80. The fraction of sp³-hybridized carbons (Fsp3) is 0.182. The summed E-state index contributed by atoms with van der Waals surface area (Å²) in [6.45, 7) is 0.732. The summed E-state index contributed by atoms with van der Waals surface area (Å²) in [5.74, 6) is 1.54. The predicted octanol–water partition coefficient (Wildman–Crippen LogP) is 4.58. The number of nitrogens with zero attached hydrogens (tertiary/aromatic N) is 1. The van der Waals surface area contributed by atoms with Crippen molar-refractivity contribution in [3.63, 3.8) is 0 Å². The summed E-state index contributed by atoms with van der Waals surface area (Å²) in [5.41, 5.74) is 2.71. The van der Waals surface area contributed by atoms with Gasteiger partial charge in [-0.2, -0.15) is 0 Å². The van der Waals surface area contributed by atoms with Crippen molar-refractivity contribution in [1.29, 1.82) is 0 Å². The molecule has 6 heteroatoms. The van der Waals surface area contributed by atoms with Crippen LogP contribution in [0.3, 0.4) is 0 Å². The summed E-state index contributed by atoms with van der Waals surface area (Å²) < 4.78 is 5.36. The lowest BCUT2D eigenvalue weighted by atomic mass is 10.1. The van der Waals surface area contributed by atoms with Crippen LogP contribution in [-0.4, -0.2) is 24.5 Å². The number of amides is 1. The van der Waals surface area contributed by atoms with E-state index in [0.29, 0.717) is 10.7 Å². The molecule has 0 fully saturated rings. The van der Waals surface area contributed by atoms with Crippen LogP contribution in [0.25, 0.3) is 0 Å². The van der Waals surface area contributed by atoms with E-state index in [1.165, 1.54) is 0 Å². The second-order valence-corrected chi connectivity index (χ2v) is 6.71. The number of para-hydroxylation sites is 1. The molecule has 1 aromatic heterocycles. The number of aromatic nitrogens is 1. The maximum Gasteiger partial charge on any atom is 0.228 e. The number of nitrogens with one attached hydrogen (secondary N) is 2. The quantitative estimate of drug-likeness (QED) is 0.586. The molecule has 0 saturated heterocycles. The third kappa shape index (κ3) is 5.72. The van der Waals surface area contributed by atoms with Crippen LogP contribution in [0.15, 0.2) is 66.9 Å². The number of ether oxygens (including phenoxy) is 1. The Morgan fingerprint density at radius 2 is 1.86 bits per heavy atom. The van der Waals surface area contributed by atoms with Gasteiger partial charge in [-0.15, -0.1) is 0 Å². The number of carbonyl (C=O) groups is 1. The number of rotatable bonds is 8. The van der Waals surface area contributed by atoms with Gasteiger partial charge in [0.1, 0.15) is 11.6 Å². The number of carbonyl (C=O) groups excluding carboxylic acids is 1. The van der Waals surface area contributed by atoms with Crippen LogP contribution in [0.4, 0.5) is 11.5 Å². The molecule has 0 atom stereocenters. The zero-order valence-corrected chi connectivity index (χ0v) is 16.4. The number of anilines is 2. The van der Waals surface area contributed by atoms with Crippen LogP contribution >= 0.6 is 11.6 Å². The fourth-order valence-corrected chi connectivity index (χ4v) is 2.93. The first-order chi connectivity index (χ1) is 13.6. The number of benzene rings is 2. The Bertz CT molecular complexity index is 912. The monoisotopic (exact) mass is 395 g/mol. The Hall–Kier alpha value is -3.05. The lowest BCUT2D eigenvalue weighted by Gasteiger charge is -2.10. The molecule has 2 aromatic carbocycles. The molecular weight excluding hydrogens is 374 g/mol. The Kier molecular flexibility index (Phi) is 6.87. The normalized spacial score (nSPS) is 10.4. The summed E-state index contributed by atoms with van der Waals surface area (Å²) in [6.07, 6.45) is 2.76. The van der Waals surface area contributed by atoms with Crippen molar-refractivity contribution in [2.24, 2.45) is 0 Å². The number of hydrogen-bond acceptors (Lipinski definition) is 4. The summed E-state index contributed by atoms with van der Waals surface area (Å²) in [7, 11) is 1.67. The van der Waals surface area contributed by atoms with Crippen molar-refractivity contribution in [3.8, 4) is 5.75 Å². The molecule has 1 heterocycles. The molecule has 0 bridgehead atoms. The molecule has 0 saturated carbocycles. The molecule has 3 rings (SSSR count). The third-order valence-corrected chi connectivity index (χ3v) is 4.47. The van der Waals surface area contributed by atoms with Crippen LogP contribution in [0.1, 0.15) is 11.1 Å². The number of halogens is 1. The van der Waals surface area contributed by atoms with E-state index in [9.17, 15) is 4.79 Å². The van der Waals surface area contributed by atoms with E-state index in [1.807, 2.05) is 48.5 Å². The third-order valence-electron chi connectivity index (χ3n) is 4.22. The maximum absolute atomic E-state index is 12.1. The molecule has 0 radical (unpaired) electrons. The first-order valence-corrected chi connectivity index (χ1v) is 9.38. The zero-order chi connectivity index (χ0) is 19.8. The van der Waals surface area contributed by atoms with Crippen molar-refractivity contribution in [1.82, 2.24) is 4.98 Å². The average molecular weight is 396 g/mol. The van der Waals surface area contributed by atoms with Gasteiger partial charge in [-0.25, -0.2) is 4.98 Å². The maximum atomic E-state index is 12.1. The highest BCUT2D eigenvalue weighted by Gasteiger charge is 2.05. The van der Waals surface area contributed by atoms with Gasteiger partial charge < -0.3 is 15.4 Å². The Morgan fingerprint density at radius 1 is 1.07 bits per heavy atom. The topological polar surface area (TPSA) is 63.2 Å². The summed E-state index contributed by atoms with van der Waals surface area (Å²) in [4.78, 5) is 16.5. The van der Waals surface area contributed by atoms with E-state index in [0.717, 1.165) is 35.7 Å². The molecule has 3 aromatic rings. The molecule has 2 N–H and O–H groups in total. The molecule has 0 spiro atoms. The standard InChI is InChI=1S/C22H22ClN3O2/c1-28-20-5-3-2-4-17(20)12-13-24-21-11-10-19(15-25-21)26-22(27)14-16-6-8-18(23)9-7-16/h2-11,15H,12-14H2,1H3,(H,24,25)(H,26,27). The van der Waals surface area contributed by atoms with Gasteiger partial charge in [-0.05, 0) is 47.9 Å². The lowest BCUT2D eigenvalue weighted by Crippen LogP contribution is -2.14. The molecule has 0 aliphatic heterocycles. The van der Waals surface area contributed by atoms with Gasteiger partial charge in [0.15, 0.2) is 0 Å². The van der Waals surface area contributed by atoms with Gasteiger partial charge in [0.05, 0.1) is 25.4 Å². The minimum absolute atomic E-state index is 0.0963. The molecule has 0 aliphatic carbocycles. The van der Waals surface area contributed by atoms with Gasteiger partial charge in [0.2, 0.25) is 5.91 Å². The van der Waals surface area contributed by atoms with Crippen LogP contribution in [0.5, 0.6) is 5.75 Å². The number of pyridine rings is 1. The molecule has 1 amide bonds. The first kappa shape index (κ1) is 19.7. The summed E-state index contributed by atoms with van der Waals surface area (Å²) in [5, 5.41) is 6.78. The van der Waals surface area contributed by atoms with Crippen LogP contribution in [-0.2, 0) is 17.6 Å². The Morgan fingerprint density at radius 3 is 2.57 bits per heavy atom. The molecule has 0 unspecified atom stereocenters. The van der Waals surface area contributed by atoms with Crippen molar-refractivity contribution in [3.05, 3.63) is 83.0 Å². The van der Waals surface area contributed by atoms with E-state index in [-0.39, 0.29) is 12.3 Å². The second kappa shape index (κ2) is 9.76. The Balaban J connectivity index is 1.47. The minimum Gasteiger partial charge on any atom is -0.496 e. The second-order valence-electron chi connectivity index (χ2n) is 6.27. The highest BCUT2D eigenvalue weighted by atomic mass is 35.5. The van der Waals surface area contributed by atoms with Crippen molar-refractivity contribution < 1.29 is 9.53 Å². The highest BCUT2D eigenvalue weighted by molar-refractivity contribution is 6.30. The van der Waals surface area contributed by atoms with Crippen molar-refractivity contribution in [2.75, 3.05) is 24.3 Å². The molecule has 28 heavy (non-hydrogen) atoms. The van der Waals surface area contributed by atoms with E-state index in [4.69, 9.17) is 16.3 Å². The van der Waals surface area contributed by atoms with Gasteiger partial charge in [0, 0.05) is 11.6 Å². The van der Waals surface area contributed by atoms with Crippen molar-refractivity contribution in [2.45, 2.75) is 12.8 Å². The van der Waals surface area contributed by atoms with Crippen LogP contribution in [0, 0.1) is 0 Å². The zero-order valence-electron chi connectivity index (χ0n) is 15.6. The summed E-state index contributed by atoms with van der Waals surface area (Å²) >= 11 is 5.86. The van der Waals surface area contributed by atoms with E-state index in [2.05, 4.69) is 15.6 Å². The lowest BCUT2D eigenvalue weighted by molar-refractivity contribution is -0.115.